The summed E-state index contributed by atoms with van der Waals surface area (Å²) in [6.07, 6.45) is 2.92. The maximum absolute atomic E-state index is 12.7. The van der Waals surface area contributed by atoms with Crippen LogP contribution in [0.4, 0.5) is 5.82 Å². The molecule has 21 heavy (non-hydrogen) atoms. The Kier molecular flexibility index (Phi) is 3.53. The third kappa shape index (κ3) is 2.58. The lowest BCUT2D eigenvalue weighted by molar-refractivity contribution is 0.0788. The molecule has 1 amide bonds. The molecule has 1 fully saturated rings. The lowest BCUT2D eigenvalue weighted by atomic mass is 10.1. The molecule has 4 heteroatoms. The van der Waals surface area contributed by atoms with Crippen LogP contribution in [0, 0.1) is 11.8 Å². The highest BCUT2D eigenvalue weighted by Gasteiger charge is 2.34. The molecule has 0 bridgehead atoms. The zero-order valence-electron chi connectivity index (χ0n) is 12.8. The highest BCUT2D eigenvalue weighted by molar-refractivity contribution is 6.09. The van der Waals surface area contributed by atoms with E-state index in [1.54, 1.807) is 6.20 Å². The molecule has 0 radical (unpaired) electrons. The number of fused-ring (bicyclic) bond motifs is 1. The molecule has 2 aromatic rings. The van der Waals surface area contributed by atoms with E-state index in [-0.39, 0.29) is 5.91 Å². The molecule has 0 aliphatic heterocycles. The second kappa shape index (κ2) is 5.35. The van der Waals surface area contributed by atoms with Crippen molar-refractivity contribution in [2.24, 2.45) is 11.8 Å². The minimum absolute atomic E-state index is 0.0560. The van der Waals surface area contributed by atoms with Crippen LogP contribution in [-0.2, 0) is 0 Å². The molecule has 1 aliphatic rings. The van der Waals surface area contributed by atoms with Gasteiger partial charge in [0.2, 0.25) is 0 Å². The summed E-state index contributed by atoms with van der Waals surface area (Å²) in [6, 6.07) is 7.91. The maximum Gasteiger partial charge on any atom is 0.255 e. The van der Waals surface area contributed by atoms with Gasteiger partial charge >= 0.3 is 0 Å². The van der Waals surface area contributed by atoms with E-state index in [0.29, 0.717) is 11.5 Å². The normalized spacial score (nSPS) is 20.3. The predicted octanol–water partition coefficient (Wildman–Crippen LogP) is 3.00. The number of amides is 1. The first kappa shape index (κ1) is 13.9. The van der Waals surface area contributed by atoms with Crippen molar-refractivity contribution < 1.29 is 4.79 Å². The van der Waals surface area contributed by atoms with Gasteiger partial charge in [0, 0.05) is 32.2 Å². The van der Waals surface area contributed by atoms with Gasteiger partial charge in [-0.1, -0.05) is 31.2 Å². The molecule has 0 saturated heterocycles. The number of rotatable bonds is 4. The Bertz CT molecular complexity index is 683. The van der Waals surface area contributed by atoms with E-state index < -0.39 is 0 Å². The van der Waals surface area contributed by atoms with Gasteiger partial charge in [-0.15, -0.1) is 0 Å². The number of hydrogen-bond acceptors (Lipinski definition) is 3. The van der Waals surface area contributed by atoms with E-state index in [0.717, 1.165) is 29.1 Å². The molecule has 2 atom stereocenters. The summed E-state index contributed by atoms with van der Waals surface area (Å²) in [4.78, 5) is 18.9. The molecule has 3 rings (SSSR count). The number of nitrogens with one attached hydrogen (secondary N) is 1. The third-order valence-corrected chi connectivity index (χ3v) is 4.39. The second-order valence-electron chi connectivity index (χ2n) is 5.97. The Labute approximate surface area is 125 Å². The Balaban J connectivity index is 1.94. The Morgan fingerprint density at radius 3 is 2.67 bits per heavy atom. The van der Waals surface area contributed by atoms with Crippen molar-refractivity contribution in [3.63, 3.8) is 0 Å². The van der Waals surface area contributed by atoms with Crippen LogP contribution in [0.5, 0.6) is 0 Å². The minimum Gasteiger partial charge on any atom is -0.373 e. The molecule has 4 nitrogen and oxygen atoms in total. The van der Waals surface area contributed by atoms with Gasteiger partial charge < -0.3 is 10.2 Å². The predicted molar refractivity (Wildman–Crippen MR) is 85.5 cm³/mol. The smallest absolute Gasteiger partial charge is 0.255 e. The third-order valence-electron chi connectivity index (χ3n) is 4.39. The van der Waals surface area contributed by atoms with Crippen molar-refractivity contribution >= 4 is 22.5 Å². The standard InChI is InChI=1S/C17H21N3O/c1-11-8-12(11)10-20(3)17(21)15-9-19-16(18-2)14-7-5-4-6-13(14)15/h4-7,9,11-12H,8,10H2,1-3H3,(H,18,19). The Morgan fingerprint density at radius 1 is 1.38 bits per heavy atom. The highest BCUT2D eigenvalue weighted by atomic mass is 16.2. The van der Waals surface area contributed by atoms with Crippen molar-refractivity contribution in [3.8, 4) is 0 Å². The lowest BCUT2D eigenvalue weighted by Gasteiger charge is -2.18. The molecule has 1 aromatic carbocycles. The van der Waals surface area contributed by atoms with Crippen molar-refractivity contribution in [1.29, 1.82) is 0 Å². The van der Waals surface area contributed by atoms with Crippen molar-refractivity contribution in [3.05, 3.63) is 36.0 Å². The van der Waals surface area contributed by atoms with Crippen molar-refractivity contribution in [2.75, 3.05) is 26.0 Å². The van der Waals surface area contributed by atoms with Crippen LogP contribution >= 0.6 is 0 Å². The van der Waals surface area contributed by atoms with Gasteiger partial charge in [0.25, 0.3) is 5.91 Å². The van der Waals surface area contributed by atoms with Crippen LogP contribution in [0.2, 0.25) is 0 Å². The molecule has 1 saturated carbocycles. The van der Waals surface area contributed by atoms with Gasteiger partial charge in [-0.25, -0.2) is 4.98 Å². The van der Waals surface area contributed by atoms with Gasteiger partial charge in [-0.3, -0.25) is 4.79 Å². The monoisotopic (exact) mass is 283 g/mol. The zero-order valence-corrected chi connectivity index (χ0v) is 12.8. The molecular weight excluding hydrogens is 262 g/mol. The van der Waals surface area contributed by atoms with Crippen LogP contribution in [0.1, 0.15) is 23.7 Å². The van der Waals surface area contributed by atoms with Gasteiger partial charge in [0.15, 0.2) is 0 Å². The van der Waals surface area contributed by atoms with Crippen molar-refractivity contribution in [1.82, 2.24) is 9.88 Å². The number of benzene rings is 1. The van der Waals surface area contributed by atoms with Crippen molar-refractivity contribution in [2.45, 2.75) is 13.3 Å². The average Bonchev–Trinajstić information content (AvgIpc) is 3.20. The van der Waals surface area contributed by atoms with E-state index in [1.165, 1.54) is 6.42 Å². The second-order valence-corrected chi connectivity index (χ2v) is 5.97. The number of carbonyl (C=O) groups excluding carboxylic acids is 1. The van der Waals surface area contributed by atoms with E-state index in [9.17, 15) is 4.79 Å². The molecule has 2 unspecified atom stereocenters. The van der Waals surface area contributed by atoms with Crippen LogP contribution in [0.3, 0.4) is 0 Å². The molecule has 1 aromatic heterocycles. The van der Waals surface area contributed by atoms with Gasteiger partial charge in [0.1, 0.15) is 5.82 Å². The first-order chi connectivity index (χ1) is 10.1. The van der Waals surface area contributed by atoms with E-state index >= 15 is 0 Å². The largest absolute Gasteiger partial charge is 0.373 e. The van der Waals surface area contributed by atoms with E-state index in [2.05, 4.69) is 17.2 Å². The fourth-order valence-electron chi connectivity index (χ4n) is 2.86. The van der Waals surface area contributed by atoms with Crippen LogP contribution in [0.15, 0.2) is 30.5 Å². The summed E-state index contributed by atoms with van der Waals surface area (Å²) in [5, 5.41) is 5.02. The summed E-state index contributed by atoms with van der Waals surface area (Å²) in [5.74, 6) is 2.28. The lowest BCUT2D eigenvalue weighted by Crippen LogP contribution is -2.29. The summed E-state index contributed by atoms with van der Waals surface area (Å²) >= 11 is 0. The summed E-state index contributed by atoms with van der Waals surface area (Å²) in [7, 11) is 3.73. The Morgan fingerprint density at radius 2 is 2.05 bits per heavy atom. The minimum atomic E-state index is 0.0560. The average molecular weight is 283 g/mol. The van der Waals surface area contributed by atoms with E-state index in [4.69, 9.17) is 0 Å². The van der Waals surface area contributed by atoms with Crippen LogP contribution < -0.4 is 5.32 Å². The Hall–Kier alpha value is -2.10. The molecule has 0 spiro atoms. The first-order valence-electron chi connectivity index (χ1n) is 7.42. The molecule has 1 N–H and O–H groups in total. The van der Waals surface area contributed by atoms with Gasteiger partial charge in [-0.05, 0) is 23.6 Å². The number of anilines is 1. The molecule has 1 heterocycles. The molecule has 110 valence electrons. The molecular formula is C17H21N3O. The maximum atomic E-state index is 12.7. The fraction of sp³-hybridized carbons (Fsp3) is 0.412. The highest BCUT2D eigenvalue weighted by Crippen LogP contribution is 2.38. The zero-order chi connectivity index (χ0) is 15.0. The number of aromatic nitrogens is 1. The van der Waals surface area contributed by atoms with Crippen LogP contribution in [-0.4, -0.2) is 36.4 Å². The quantitative estimate of drug-likeness (QED) is 0.938. The van der Waals surface area contributed by atoms with Crippen LogP contribution in [0.25, 0.3) is 10.8 Å². The number of hydrogen-bond donors (Lipinski definition) is 1. The SMILES string of the molecule is CNc1ncc(C(=O)N(C)CC2CC2C)c2ccccc12. The van der Waals surface area contributed by atoms with Gasteiger partial charge in [-0.2, -0.15) is 0 Å². The number of pyridine rings is 1. The topological polar surface area (TPSA) is 45.2 Å². The number of nitrogens with zero attached hydrogens (tertiary/aromatic N) is 2. The van der Waals surface area contributed by atoms with Gasteiger partial charge in [0.05, 0.1) is 5.56 Å². The van der Waals surface area contributed by atoms with E-state index in [1.807, 2.05) is 43.3 Å². The summed E-state index contributed by atoms with van der Waals surface area (Å²) in [6.45, 7) is 3.07. The summed E-state index contributed by atoms with van der Waals surface area (Å²) < 4.78 is 0. The fourth-order valence-corrected chi connectivity index (χ4v) is 2.86. The summed E-state index contributed by atoms with van der Waals surface area (Å²) in [5.41, 5.74) is 0.681. The molecule has 1 aliphatic carbocycles. The first-order valence-corrected chi connectivity index (χ1v) is 7.42. The number of carbonyl (C=O) groups is 1.